The Bertz CT molecular complexity index is 934. The van der Waals surface area contributed by atoms with Crippen LogP contribution in [0, 0.1) is 0 Å². The van der Waals surface area contributed by atoms with E-state index in [1.54, 1.807) is 35.3 Å². The molecule has 41 heavy (non-hydrogen) atoms. The lowest BCUT2D eigenvalue weighted by molar-refractivity contribution is -0.140. The lowest BCUT2D eigenvalue weighted by Crippen LogP contribution is -2.12. The summed E-state index contributed by atoms with van der Waals surface area (Å²) in [6, 6.07) is 17.1. The van der Waals surface area contributed by atoms with Gasteiger partial charge in [0.2, 0.25) is 0 Å². The second-order valence-corrected chi connectivity index (χ2v) is 11.4. The molecule has 0 aliphatic rings. The standard InChI is InChI=1S/C30H38O8S3/c1-3-29(31)37-19-17-33-13-15-35-21-23-39-25-5-9-27(10-6-25)41-28-11-7-26(8-12-28)40-24-22-36-16-14-34-18-20-38-30(32)4-2/h3-12H,1-2,13-24H2. The molecule has 0 aliphatic carbocycles. The van der Waals surface area contributed by atoms with Gasteiger partial charge in [0.1, 0.15) is 13.2 Å². The van der Waals surface area contributed by atoms with Crippen LogP contribution in [0.3, 0.4) is 0 Å². The molecule has 8 nitrogen and oxygen atoms in total. The second-order valence-electron chi connectivity index (χ2n) is 7.93. The van der Waals surface area contributed by atoms with Gasteiger partial charge in [-0.05, 0) is 48.5 Å². The summed E-state index contributed by atoms with van der Waals surface area (Å²) >= 11 is 5.24. The highest BCUT2D eigenvalue weighted by molar-refractivity contribution is 8.00. The minimum absolute atomic E-state index is 0.217. The SMILES string of the molecule is C=CC(=O)OCCOCCOCCSc1ccc(Sc2ccc(SCCOCCOCCOC(=O)C=C)cc2)cc1. The first-order valence-corrected chi connectivity index (χ1v) is 15.9. The molecule has 0 aromatic heterocycles. The molecule has 0 saturated carbocycles. The zero-order valence-electron chi connectivity index (χ0n) is 23.2. The summed E-state index contributed by atoms with van der Waals surface area (Å²) in [6.45, 7) is 11.0. The number of hydrogen-bond donors (Lipinski definition) is 0. The molecule has 11 heteroatoms. The van der Waals surface area contributed by atoms with E-state index < -0.39 is 11.9 Å². The van der Waals surface area contributed by atoms with Crippen LogP contribution in [0.5, 0.6) is 0 Å². The molecular weight excluding hydrogens is 585 g/mol. The third-order valence-corrected chi connectivity index (χ3v) is 7.87. The van der Waals surface area contributed by atoms with Crippen molar-refractivity contribution < 1.29 is 38.0 Å². The average molecular weight is 623 g/mol. The Labute approximate surface area is 255 Å². The monoisotopic (exact) mass is 622 g/mol. The van der Waals surface area contributed by atoms with E-state index in [2.05, 4.69) is 61.7 Å². The first-order chi connectivity index (χ1) is 20.1. The van der Waals surface area contributed by atoms with E-state index in [9.17, 15) is 9.59 Å². The Morgan fingerprint density at radius 1 is 0.512 bits per heavy atom. The number of thioether (sulfide) groups is 2. The van der Waals surface area contributed by atoms with Crippen LogP contribution in [0.4, 0.5) is 0 Å². The summed E-state index contributed by atoms with van der Waals surface area (Å²) in [5.74, 6) is 0.826. The number of hydrogen-bond acceptors (Lipinski definition) is 11. The van der Waals surface area contributed by atoms with Crippen molar-refractivity contribution in [3.8, 4) is 0 Å². The fourth-order valence-electron chi connectivity index (χ4n) is 2.94. The van der Waals surface area contributed by atoms with Crippen LogP contribution in [-0.4, -0.2) is 89.5 Å². The maximum Gasteiger partial charge on any atom is 0.330 e. The molecule has 0 radical (unpaired) electrons. The van der Waals surface area contributed by atoms with Gasteiger partial charge in [-0.15, -0.1) is 23.5 Å². The lowest BCUT2D eigenvalue weighted by atomic mass is 10.4. The molecular formula is C30H38O8S3. The Hall–Kier alpha value is -2.25. The number of esters is 2. The third-order valence-electron chi connectivity index (χ3n) is 4.90. The Morgan fingerprint density at radius 2 is 0.829 bits per heavy atom. The van der Waals surface area contributed by atoms with Crippen LogP contribution < -0.4 is 0 Å². The second kappa shape index (κ2) is 23.3. The smallest absolute Gasteiger partial charge is 0.330 e. The van der Waals surface area contributed by atoms with Gasteiger partial charge in [0.05, 0.1) is 52.9 Å². The van der Waals surface area contributed by atoms with Gasteiger partial charge in [0.25, 0.3) is 0 Å². The minimum atomic E-state index is -0.444. The quantitative estimate of drug-likeness (QED) is 0.0639. The van der Waals surface area contributed by atoms with Crippen molar-refractivity contribution in [3.63, 3.8) is 0 Å². The van der Waals surface area contributed by atoms with Crippen LogP contribution in [0.25, 0.3) is 0 Å². The highest BCUT2D eigenvalue weighted by Crippen LogP contribution is 2.31. The van der Waals surface area contributed by atoms with Gasteiger partial charge in [-0.2, -0.15) is 0 Å². The molecule has 0 amide bonds. The molecule has 0 spiro atoms. The van der Waals surface area contributed by atoms with Crippen LogP contribution in [0.15, 0.2) is 93.4 Å². The van der Waals surface area contributed by atoms with Crippen molar-refractivity contribution in [2.45, 2.75) is 19.6 Å². The summed E-state index contributed by atoms with van der Waals surface area (Å²) in [4.78, 5) is 26.6. The maximum absolute atomic E-state index is 10.9. The molecule has 2 aromatic carbocycles. The van der Waals surface area contributed by atoms with Gasteiger partial charge in [0.15, 0.2) is 0 Å². The van der Waals surface area contributed by atoms with Crippen molar-refractivity contribution in [1.29, 1.82) is 0 Å². The number of carbonyl (C=O) groups is 2. The molecule has 0 fully saturated rings. The van der Waals surface area contributed by atoms with Crippen LogP contribution in [-0.2, 0) is 38.0 Å². The number of benzene rings is 2. The molecule has 0 atom stereocenters. The largest absolute Gasteiger partial charge is 0.460 e. The fourth-order valence-corrected chi connectivity index (χ4v) is 5.29. The van der Waals surface area contributed by atoms with E-state index in [0.717, 1.165) is 23.7 Å². The lowest BCUT2D eigenvalue weighted by Gasteiger charge is -2.08. The van der Waals surface area contributed by atoms with Gasteiger partial charge >= 0.3 is 11.9 Å². The van der Waals surface area contributed by atoms with E-state index in [4.69, 9.17) is 28.4 Å². The van der Waals surface area contributed by atoms with Gasteiger partial charge in [-0.25, -0.2) is 9.59 Å². The molecule has 0 saturated heterocycles. The van der Waals surface area contributed by atoms with Crippen molar-refractivity contribution in [2.24, 2.45) is 0 Å². The Kier molecular flexibility index (Phi) is 19.9. The van der Waals surface area contributed by atoms with Gasteiger partial charge in [-0.1, -0.05) is 24.9 Å². The highest BCUT2D eigenvalue weighted by atomic mass is 32.2. The maximum atomic E-state index is 10.9. The predicted octanol–water partition coefficient (Wildman–Crippen LogP) is 5.55. The summed E-state index contributed by atoms with van der Waals surface area (Å²) in [5.41, 5.74) is 0. The van der Waals surface area contributed by atoms with Gasteiger partial charge in [-0.3, -0.25) is 0 Å². The number of ether oxygens (including phenoxy) is 6. The molecule has 0 heterocycles. The Balaban J connectivity index is 1.48. The third kappa shape index (κ3) is 18.0. The zero-order valence-corrected chi connectivity index (χ0v) is 25.6. The zero-order chi connectivity index (χ0) is 29.4. The van der Waals surface area contributed by atoms with Gasteiger partial charge in [0, 0.05) is 43.2 Å². The predicted molar refractivity (Wildman–Crippen MR) is 164 cm³/mol. The number of rotatable bonds is 24. The number of carbonyl (C=O) groups excluding carboxylic acids is 2. The summed E-state index contributed by atoms with van der Waals surface area (Å²) in [5, 5.41) is 0. The van der Waals surface area contributed by atoms with Gasteiger partial charge < -0.3 is 28.4 Å². The molecule has 0 bridgehead atoms. The van der Waals surface area contributed by atoms with Crippen molar-refractivity contribution >= 4 is 47.2 Å². The van der Waals surface area contributed by atoms with E-state index in [-0.39, 0.29) is 13.2 Å². The van der Waals surface area contributed by atoms with Crippen LogP contribution in [0.2, 0.25) is 0 Å². The van der Waals surface area contributed by atoms with E-state index in [1.807, 2.05) is 0 Å². The molecule has 0 aliphatic heterocycles. The van der Waals surface area contributed by atoms with Crippen molar-refractivity contribution in [1.82, 2.24) is 0 Å². The topological polar surface area (TPSA) is 89.5 Å². The summed E-state index contributed by atoms with van der Waals surface area (Å²) < 4.78 is 31.5. The molecule has 0 unspecified atom stereocenters. The summed E-state index contributed by atoms with van der Waals surface area (Å²) in [7, 11) is 0. The molecule has 2 rings (SSSR count). The van der Waals surface area contributed by atoms with Crippen molar-refractivity contribution in [3.05, 3.63) is 73.8 Å². The fraction of sp³-hybridized carbons (Fsp3) is 0.400. The molecule has 2 aromatic rings. The van der Waals surface area contributed by atoms with E-state index in [0.29, 0.717) is 52.9 Å². The molecule has 224 valence electrons. The average Bonchev–Trinajstić information content (AvgIpc) is 3.00. The normalized spacial score (nSPS) is 10.7. The minimum Gasteiger partial charge on any atom is -0.460 e. The summed E-state index contributed by atoms with van der Waals surface area (Å²) in [6.07, 6.45) is 2.26. The van der Waals surface area contributed by atoms with E-state index in [1.165, 1.54) is 19.6 Å². The first-order valence-electron chi connectivity index (χ1n) is 13.1. The Morgan fingerprint density at radius 3 is 1.20 bits per heavy atom. The first kappa shape index (κ1) is 34.9. The molecule has 0 N–H and O–H groups in total. The van der Waals surface area contributed by atoms with E-state index >= 15 is 0 Å². The van der Waals surface area contributed by atoms with Crippen molar-refractivity contribution in [2.75, 3.05) is 77.6 Å². The van der Waals surface area contributed by atoms with Crippen LogP contribution >= 0.6 is 35.3 Å². The van der Waals surface area contributed by atoms with Crippen LogP contribution in [0.1, 0.15) is 0 Å². The highest BCUT2D eigenvalue weighted by Gasteiger charge is 2.02.